The van der Waals surface area contributed by atoms with Crippen LogP contribution in [0.2, 0.25) is 5.02 Å². The van der Waals surface area contributed by atoms with Gasteiger partial charge in [-0.1, -0.05) is 30.5 Å². The molecule has 1 fully saturated rings. The lowest BCUT2D eigenvalue weighted by molar-refractivity contribution is 0.255. The van der Waals surface area contributed by atoms with E-state index >= 15 is 0 Å². The summed E-state index contributed by atoms with van der Waals surface area (Å²) in [7, 11) is 0. The minimum atomic E-state index is -0.0562. The Hall–Kier alpha value is -0.770. The topological polar surface area (TPSA) is 49.5 Å². The Bertz CT molecular complexity index is 423. The first-order valence-electron chi connectivity index (χ1n) is 7.06. The molecule has 0 amide bonds. The first-order valence-corrected chi connectivity index (χ1v) is 7.44. The van der Waals surface area contributed by atoms with Crippen LogP contribution in [-0.2, 0) is 0 Å². The average molecular weight is 283 g/mol. The van der Waals surface area contributed by atoms with Gasteiger partial charge in [0.1, 0.15) is 0 Å². The SMILES string of the molecule is CC(N)c1ccc(N2CCCCCC2CO)cc1Cl. The molecule has 1 saturated heterocycles. The van der Waals surface area contributed by atoms with Crippen molar-refractivity contribution in [3.05, 3.63) is 28.8 Å². The summed E-state index contributed by atoms with van der Waals surface area (Å²) in [4.78, 5) is 2.28. The fraction of sp³-hybridized carbons (Fsp3) is 0.600. The number of anilines is 1. The van der Waals surface area contributed by atoms with Crippen LogP contribution in [0.4, 0.5) is 5.69 Å². The molecule has 1 aromatic carbocycles. The van der Waals surface area contributed by atoms with E-state index in [1.54, 1.807) is 0 Å². The molecule has 2 rings (SSSR count). The third-order valence-corrected chi connectivity index (χ3v) is 4.22. The van der Waals surface area contributed by atoms with E-state index in [2.05, 4.69) is 11.0 Å². The van der Waals surface area contributed by atoms with Gasteiger partial charge in [0.2, 0.25) is 0 Å². The van der Waals surface area contributed by atoms with Gasteiger partial charge in [-0.15, -0.1) is 0 Å². The van der Waals surface area contributed by atoms with Crippen molar-refractivity contribution in [3.63, 3.8) is 0 Å². The predicted octanol–water partition coefficient (Wildman–Crippen LogP) is 3.10. The fourth-order valence-corrected chi connectivity index (χ4v) is 3.12. The van der Waals surface area contributed by atoms with Crippen LogP contribution in [0, 0.1) is 0 Å². The van der Waals surface area contributed by atoms with E-state index < -0.39 is 0 Å². The fourth-order valence-electron chi connectivity index (χ4n) is 2.77. The molecule has 1 aromatic rings. The van der Waals surface area contributed by atoms with E-state index in [-0.39, 0.29) is 18.7 Å². The molecule has 2 unspecified atom stereocenters. The zero-order chi connectivity index (χ0) is 13.8. The number of nitrogens with two attached hydrogens (primary N) is 1. The number of hydrogen-bond acceptors (Lipinski definition) is 3. The van der Waals surface area contributed by atoms with Crippen molar-refractivity contribution < 1.29 is 5.11 Å². The van der Waals surface area contributed by atoms with Crippen molar-refractivity contribution in [1.29, 1.82) is 0 Å². The van der Waals surface area contributed by atoms with E-state index in [1.165, 1.54) is 19.3 Å². The van der Waals surface area contributed by atoms with Gasteiger partial charge in [-0.2, -0.15) is 0 Å². The number of halogens is 1. The highest BCUT2D eigenvalue weighted by atomic mass is 35.5. The second kappa shape index (κ2) is 6.60. The molecule has 1 aliphatic rings. The summed E-state index contributed by atoms with van der Waals surface area (Å²) in [5.74, 6) is 0. The monoisotopic (exact) mass is 282 g/mol. The predicted molar refractivity (Wildman–Crippen MR) is 80.7 cm³/mol. The maximum Gasteiger partial charge on any atom is 0.0635 e. The lowest BCUT2D eigenvalue weighted by Crippen LogP contribution is -2.37. The normalized spacial score (nSPS) is 22.1. The highest BCUT2D eigenvalue weighted by Gasteiger charge is 2.21. The Kier molecular flexibility index (Phi) is 5.08. The van der Waals surface area contributed by atoms with Crippen molar-refractivity contribution in [2.75, 3.05) is 18.1 Å². The van der Waals surface area contributed by atoms with Gasteiger partial charge in [-0.3, -0.25) is 0 Å². The van der Waals surface area contributed by atoms with Gasteiger partial charge >= 0.3 is 0 Å². The molecule has 0 spiro atoms. The van der Waals surface area contributed by atoms with Gasteiger partial charge in [0.25, 0.3) is 0 Å². The molecule has 2 atom stereocenters. The maximum atomic E-state index is 9.57. The number of hydrogen-bond donors (Lipinski definition) is 2. The summed E-state index contributed by atoms with van der Waals surface area (Å²) in [6.07, 6.45) is 4.64. The molecule has 0 radical (unpaired) electrons. The van der Waals surface area contributed by atoms with Crippen molar-refractivity contribution in [3.8, 4) is 0 Å². The summed E-state index contributed by atoms with van der Waals surface area (Å²) in [6, 6.07) is 6.20. The third kappa shape index (κ3) is 3.41. The summed E-state index contributed by atoms with van der Waals surface area (Å²) >= 11 is 6.31. The Labute approximate surface area is 120 Å². The summed E-state index contributed by atoms with van der Waals surface area (Å²) in [5.41, 5.74) is 7.95. The highest BCUT2D eigenvalue weighted by molar-refractivity contribution is 6.31. The van der Waals surface area contributed by atoms with Crippen LogP contribution in [0.15, 0.2) is 18.2 Å². The van der Waals surface area contributed by atoms with E-state index in [0.717, 1.165) is 24.2 Å². The van der Waals surface area contributed by atoms with E-state index in [0.29, 0.717) is 5.02 Å². The highest BCUT2D eigenvalue weighted by Crippen LogP contribution is 2.30. The van der Waals surface area contributed by atoms with Gasteiger partial charge in [-0.25, -0.2) is 0 Å². The molecule has 0 aliphatic carbocycles. The number of aliphatic hydroxyl groups excluding tert-OH is 1. The second-order valence-electron chi connectivity index (χ2n) is 5.37. The van der Waals surface area contributed by atoms with Gasteiger partial charge in [0.15, 0.2) is 0 Å². The smallest absolute Gasteiger partial charge is 0.0635 e. The first-order chi connectivity index (χ1) is 9.13. The molecule has 19 heavy (non-hydrogen) atoms. The molecule has 3 nitrogen and oxygen atoms in total. The third-order valence-electron chi connectivity index (χ3n) is 3.89. The standard InChI is InChI=1S/C15H23ClN2O/c1-11(17)14-7-6-12(9-15(14)16)18-8-4-2-3-5-13(18)10-19/h6-7,9,11,13,19H,2-5,8,10,17H2,1H3. The molecule has 4 heteroatoms. The minimum Gasteiger partial charge on any atom is -0.394 e. The lowest BCUT2D eigenvalue weighted by Gasteiger charge is -2.31. The van der Waals surface area contributed by atoms with Crippen LogP contribution < -0.4 is 10.6 Å². The first kappa shape index (κ1) is 14.6. The second-order valence-corrected chi connectivity index (χ2v) is 5.78. The average Bonchev–Trinajstić information content (AvgIpc) is 2.63. The van der Waals surface area contributed by atoms with Gasteiger partial charge in [0.05, 0.1) is 12.6 Å². The molecule has 3 N–H and O–H groups in total. The van der Waals surface area contributed by atoms with Crippen LogP contribution in [0.3, 0.4) is 0 Å². The Morgan fingerprint density at radius 3 is 2.84 bits per heavy atom. The van der Waals surface area contributed by atoms with Crippen LogP contribution >= 0.6 is 11.6 Å². The zero-order valence-corrected chi connectivity index (χ0v) is 12.2. The zero-order valence-electron chi connectivity index (χ0n) is 11.5. The summed E-state index contributed by atoms with van der Waals surface area (Å²) in [5, 5.41) is 10.3. The van der Waals surface area contributed by atoms with Crippen molar-refractivity contribution in [2.24, 2.45) is 5.73 Å². The van der Waals surface area contributed by atoms with Gasteiger partial charge < -0.3 is 15.7 Å². The summed E-state index contributed by atoms with van der Waals surface area (Å²) in [6.45, 7) is 3.12. The minimum absolute atomic E-state index is 0.0562. The van der Waals surface area contributed by atoms with Crippen LogP contribution in [-0.4, -0.2) is 24.3 Å². The largest absolute Gasteiger partial charge is 0.394 e. The van der Waals surface area contributed by atoms with Crippen LogP contribution in [0.5, 0.6) is 0 Å². The molecular weight excluding hydrogens is 260 g/mol. The summed E-state index contributed by atoms with van der Waals surface area (Å²) < 4.78 is 0. The number of aliphatic hydroxyl groups is 1. The number of nitrogens with zero attached hydrogens (tertiary/aromatic N) is 1. The van der Waals surface area contributed by atoms with Crippen molar-refractivity contribution in [2.45, 2.75) is 44.7 Å². The quantitative estimate of drug-likeness (QED) is 0.896. The Morgan fingerprint density at radius 2 is 2.21 bits per heavy atom. The number of benzene rings is 1. The van der Waals surface area contributed by atoms with E-state index in [4.69, 9.17) is 17.3 Å². The molecular formula is C15H23ClN2O. The lowest BCUT2D eigenvalue weighted by atomic mass is 10.1. The van der Waals surface area contributed by atoms with Gasteiger partial charge in [-0.05, 0) is 37.5 Å². The molecule has 0 bridgehead atoms. The van der Waals surface area contributed by atoms with E-state index in [1.807, 2.05) is 19.1 Å². The molecule has 0 saturated carbocycles. The number of rotatable bonds is 3. The van der Waals surface area contributed by atoms with Crippen LogP contribution in [0.25, 0.3) is 0 Å². The molecule has 0 aromatic heterocycles. The van der Waals surface area contributed by atoms with Crippen LogP contribution in [0.1, 0.15) is 44.2 Å². The Balaban J connectivity index is 2.26. The molecule has 1 aliphatic heterocycles. The molecule has 1 heterocycles. The van der Waals surface area contributed by atoms with E-state index in [9.17, 15) is 5.11 Å². The van der Waals surface area contributed by atoms with Crippen molar-refractivity contribution in [1.82, 2.24) is 0 Å². The molecule has 106 valence electrons. The maximum absolute atomic E-state index is 9.57. The van der Waals surface area contributed by atoms with Crippen molar-refractivity contribution >= 4 is 17.3 Å². The van der Waals surface area contributed by atoms with Gasteiger partial charge in [0, 0.05) is 23.3 Å². The Morgan fingerprint density at radius 1 is 1.42 bits per heavy atom.